The smallest absolute Gasteiger partial charge is 0.314 e. The first-order chi connectivity index (χ1) is 8.32. The molecule has 0 saturated carbocycles. The van der Waals surface area contributed by atoms with Crippen LogP contribution in [0.25, 0.3) is 0 Å². The van der Waals surface area contributed by atoms with Crippen LogP contribution in [0.1, 0.15) is 33.6 Å². The standard InChI is InChI=1S/C12H24N2O4/c1-5-6-9(10(15)16)7-13-11(17)14-8-12(2,3)18-4/h9H,5-8H2,1-4H3,(H,15,16)(H2,13,14,17). The number of ether oxygens (including phenoxy) is 1. The van der Waals surface area contributed by atoms with Gasteiger partial charge in [0.2, 0.25) is 0 Å². The Hall–Kier alpha value is -1.30. The second kappa shape index (κ2) is 7.92. The van der Waals surface area contributed by atoms with Gasteiger partial charge in [-0.2, -0.15) is 0 Å². The van der Waals surface area contributed by atoms with Gasteiger partial charge in [0.25, 0.3) is 0 Å². The maximum atomic E-state index is 11.5. The van der Waals surface area contributed by atoms with Gasteiger partial charge >= 0.3 is 12.0 Å². The van der Waals surface area contributed by atoms with Crippen LogP contribution in [0.15, 0.2) is 0 Å². The lowest BCUT2D eigenvalue weighted by Crippen LogP contribution is -2.45. The largest absolute Gasteiger partial charge is 0.481 e. The maximum absolute atomic E-state index is 11.5. The molecule has 1 atom stereocenters. The zero-order chi connectivity index (χ0) is 14.2. The molecule has 0 aromatic rings. The molecule has 0 radical (unpaired) electrons. The number of nitrogens with one attached hydrogen (secondary N) is 2. The quantitative estimate of drug-likeness (QED) is 0.612. The Balaban J connectivity index is 3.98. The van der Waals surface area contributed by atoms with Crippen molar-refractivity contribution < 1.29 is 19.4 Å². The Morgan fingerprint density at radius 3 is 2.39 bits per heavy atom. The van der Waals surface area contributed by atoms with Crippen LogP contribution >= 0.6 is 0 Å². The summed E-state index contributed by atoms with van der Waals surface area (Å²) in [6.45, 7) is 6.12. The van der Waals surface area contributed by atoms with Gasteiger partial charge in [0.1, 0.15) is 0 Å². The summed E-state index contributed by atoms with van der Waals surface area (Å²) < 4.78 is 5.15. The van der Waals surface area contributed by atoms with Crippen LogP contribution in [0.3, 0.4) is 0 Å². The fraction of sp³-hybridized carbons (Fsp3) is 0.833. The lowest BCUT2D eigenvalue weighted by Gasteiger charge is -2.23. The molecule has 3 N–H and O–H groups in total. The number of urea groups is 1. The molecule has 6 heteroatoms. The van der Waals surface area contributed by atoms with Crippen LogP contribution in [0, 0.1) is 5.92 Å². The molecular weight excluding hydrogens is 236 g/mol. The third-order valence-corrected chi connectivity index (χ3v) is 2.72. The molecule has 18 heavy (non-hydrogen) atoms. The minimum atomic E-state index is -0.880. The molecule has 0 rings (SSSR count). The minimum Gasteiger partial charge on any atom is -0.481 e. The van der Waals surface area contributed by atoms with E-state index in [0.717, 1.165) is 6.42 Å². The van der Waals surface area contributed by atoms with Crippen molar-refractivity contribution in [1.29, 1.82) is 0 Å². The first-order valence-electron chi connectivity index (χ1n) is 6.12. The maximum Gasteiger partial charge on any atom is 0.314 e. The number of aliphatic carboxylic acids is 1. The van der Waals surface area contributed by atoms with Gasteiger partial charge in [-0.3, -0.25) is 4.79 Å². The SMILES string of the molecule is CCCC(CNC(=O)NCC(C)(C)OC)C(=O)O. The van der Waals surface area contributed by atoms with Crippen LogP contribution in [0.5, 0.6) is 0 Å². The molecule has 0 aliphatic carbocycles. The van der Waals surface area contributed by atoms with E-state index in [2.05, 4.69) is 10.6 Å². The topological polar surface area (TPSA) is 87.7 Å². The van der Waals surface area contributed by atoms with E-state index in [4.69, 9.17) is 9.84 Å². The highest BCUT2D eigenvalue weighted by Crippen LogP contribution is 2.06. The molecule has 106 valence electrons. The highest BCUT2D eigenvalue weighted by atomic mass is 16.5. The molecule has 2 amide bonds. The van der Waals surface area contributed by atoms with Gasteiger partial charge in [-0.1, -0.05) is 13.3 Å². The van der Waals surface area contributed by atoms with Gasteiger partial charge in [-0.25, -0.2) is 4.79 Å². The number of carboxylic acids is 1. The van der Waals surface area contributed by atoms with E-state index < -0.39 is 17.5 Å². The van der Waals surface area contributed by atoms with Gasteiger partial charge in [0, 0.05) is 20.2 Å². The fourth-order valence-corrected chi connectivity index (χ4v) is 1.31. The monoisotopic (exact) mass is 260 g/mol. The van der Waals surface area contributed by atoms with E-state index >= 15 is 0 Å². The van der Waals surface area contributed by atoms with Gasteiger partial charge in [-0.15, -0.1) is 0 Å². The molecule has 0 fully saturated rings. The van der Waals surface area contributed by atoms with Crippen LogP contribution < -0.4 is 10.6 Å². The fourth-order valence-electron chi connectivity index (χ4n) is 1.31. The zero-order valence-corrected chi connectivity index (χ0v) is 11.6. The van der Waals surface area contributed by atoms with E-state index in [1.165, 1.54) is 0 Å². The molecule has 0 spiro atoms. The van der Waals surface area contributed by atoms with Crippen molar-refractivity contribution in [2.24, 2.45) is 5.92 Å². The van der Waals surface area contributed by atoms with Crippen LogP contribution in [0.4, 0.5) is 4.79 Å². The van der Waals surface area contributed by atoms with Crippen LogP contribution in [-0.4, -0.2) is 42.9 Å². The van der Waals surface area contributed by atoms with Crippen molar-refractivity contribution in [1.82, 2.24) is 10.6 Å². The summed E-state index contributed by atoms with van der Waals surface area (Å²) in [4.78, 5) is 22.3. The minimum absolute atomic E-state index is 0.141. The van der Waals surface area contributed by atoms with Crippen molar-refractivity contribution in [3.05, 3.63) is 0 Å². The van der Waals surface area contributed by atoms with Gasteiger partial charge in [0.05, 0.1) is 11.5 Å². The first kappa shape index (κ1) is 16.7. The van der Waals surface area contributed by atoms with E-state index in [1.54, 1.807) is 7.11 Å². The lowest BCUT2D eigenvalue weighted by molar-refractivity contribution is -0.141. The average Bonchev–Trinajstić information content (AvgIpc) is 2.31. The molecule has 6 nitrogen and oxygen atoms in total. The number of carbonyl (C=O) groups excluding carboxylic acids is 1. The van der Waals surface area contributed by atoms with E-state index in [9.17, 15) is 9.59 Å². The van der Waals surface area contributed by atoms with Crippen LogP contribution in [-0.2, 0) is 9.53 Å². The number of amides is 2. The summed E-state index contributed by atoms with van der Waals surface area (Å²) in [5.41, 5.74) is -0.438. The van der Waals surface area contributed by atoms with E-state index in [1.807, 2.05) is 20.8 Å². The Labute approximate surface area is 108 Å². The Kier molecular flexibility index (Phi) is 7.35. The Morgan fingerprint density at radius 1 is 1.33 bits per heavy atom. The van der Waals surface area contributed by atoms with Gasteiger partial charge in [0.15, 0.2) is 0 Å². The van der Waals surface area contributed by atoms with Crippen molar-refractivity contribution in [2.45, 2.75) is 39.2 Å². The second-order valence-electron chi connectivity index (χ2n) is 4.85. The summed E-state index contributed by atoms with van der Waals surface area (Å²) in [6, 6.07) is -0.373. The molecule has 0 saturated heterocycles. The third-order valence-electron chi connectivity index (χ3n) is 2.72. The summed E-state index contributed by atoms with van der Waals surface area (Å²) in [5, 5.41) is 14.1. The van der Waals surface area contributed by atoms with E-state index in [0.29, 0.717) is 13.0 Å². The van der Waals surface area contributed by atoms with Crippen molar-refractivity contribution >= 4 is 12.0 Å². The predicted molar refractivity (Wildman–Crippen MR) is 68.5 cm³/mol. The molecular formula is C12H24N2O4. The normalized spacial score (nSPS) is 12.9. The number of hydrogen-bond acceptors (Lipinski definition) is 3. The molecule has 0 aliphatic heterocycles. The van der Waals surface area contributed by atoms with Crippen molar-refractivity contribution in [3.8, 4) is 0 Å². The predicted octanol–water partition coefficient (Wildman–Crippen LogP) is 1.21. The Morgan fingerprint density at radius 2 is 1.94 bits per heavy atom. The summed E-state index contributed by atoms with van der Waals surface area (Å²) >= 11 is 0. The highest BCUT2D eigenvalue weighted by Gasteiger charge is 2.19. The molecule has 0 aliphatic rings. The van der Waals surface area contributed by atoms with E-state index in [-0.39, 0.29) is 12.6 Å². The third kappa shape index (κ3) is 7.11. The summed E-state index contributed by atoms with van der Waals surface area (Å²) in [6.07, 6.45) is 1.33. The second-order valence-corrected chi connectivity index (χ2v) is 4.85. The van der Waals surface area contributed by atoms with Gasteiger partial charge < -0.3 is 20.5 Å². The number of carboxylic acid groups (broad SMARTS) is 1. The molecule has 0 heterocycles. The molecule has 0 aromatic heterocycles. The summed E-state index contributed by atoms with van der Waals surface area (Å²) in [7, 11) is 1.57. The molecule has 1 unspecified atom stereocenters. The average molecular weight is 260 g/mol. The highest BCUT2D eigenvalue weighted by molar-refractivity contribution is 5.75. The summed E-state index contributed by atoms with van der Waals surface area (Å²) in [5.74, 6) is -1.41. The van der Waals surface area contributed by atoms with Gasteiger partial charge in [-0.05, 0) is 20.3 Å². The zero-order valence-electron chi connectivity index (χ0n) is 11.6. The molecule has 0 aromatic carbocycles. The number of methoxy groups -OCH3 is 1. The number of carbonyl (C=O) groups is 2. The molecule has 0 bridgehead atoms. The van der Waals surface area contributed by atoms with Crippen molar-refractivity contribution in [3.63, 3.8) is 0 Å². The first-order valence-corrected chi connectivity index (χ1v) is 6.12. The Bertz CT molecular complexity index is 279. The number of hydrogen-bond donors (Lipinski definition) is 3. The van der Waals surface area contributed by atoms with Crippen molar-refractivity contribution in [2.75, 3.05) is 20.2 Å². The lowest BCUT2D eigenvalue weighted by atomic mass is 10.0. The van der Waals surface area contributed by atoms with Crippen LogP contribution in [0.2, 0.25) is 0 Å². The number of rotatable bonds is 8.